The zero-order valence-corrected chi connectivity index (χ0v) is 27.5. The van der Waals surface area contributed by atoms with Crippen molar-refractivity contribution in [3.05, 3.63) is 52.6 Å². The number of ketones is 6. The van der Waals surface area contributed by atoms with Crippen LogP contribution in [0.5, 0.6) is 5.75 Å². The fourth-order valence-electron chi connectivity index (χ4n) is 8.94. The lowest BCUT2D eigenvalue weighted by Crippen LogP contribution is -2.76. The van der Waals surface area contributed by atoms with E-state index in [1.807, 2.05) is 32.9 Å². The van der Waals surface area contributed by atoms with Crippen molar-refractivity contribution >= 4 is 34.7 Å². The molecule has 45 heavy (non-hydrogen) atoms. The molecule has 3 aliphatic carbocycles. The summed E-state index contributed by atoms with van der Waals surface area (Å²) in [6.45, 7) is 15.0. The highest BCUT2D eigenvalue weighted by molar-refractivity contribution is 6.32. The number of hydrogen-bond donors (Lipinski definition) is 2. The summed E-state index contributed by atoms with van der Waals surface area (Å²) in [5.41, 5.74) is -3.43. The first kappa shape index (κ1) is 32.6. The van der Waals surface area contributed by atoms with E-state index in [0.29, 0.717) is 27.8 Å². The summed E-state index contributed by atoms with van der Waals surface area (Å²) in [6.07, 6.45) is 0.0921. The predicted octanol–water partition coefficient (Wildman–Crippen LogP) is 5.26. The summed E-state index contributed by atoms with van der Waals surface area (Å²) in [6, 6.07) is 8.84. The lowest BCUT2D eigenvalue weighted by atomic mass is 9.39. The third-order valence-corrected chi connectivity index (χ3v) is 10.8. The Kier molecular flexibility index (Phi) is 7.33. The van der Waals surface area contributed by atoms with Gasteiger partial charge in [0.2, 0.25) is 0 Å². The number of carbonyl (C=O) groups is 6. The van der Waals surface area contributed by atoms with E-state index in [0.717, 1.165) is 6.92 Å². The van der Waals surface area contributed by atoms with Gasteiger partial charge in [-0.05, 0) is 72.3 Å². The highest BCUT2D eigenvalue weighted by atomic mass is 16.3. The Morgan fingerprint density at radius 2 is 1.60 bits per heavy atom. The Balaban J connectivity index is 1.82. The van der Waals surface area contributed by atoms with Crippen molar-refractivity contribution in [3.63, 3.8) is 0 Å². The van der Waals surface area contributed by atoms with Crippen molar-refractivity contribution in [1.82, 2.24) is 0 Å². The van der Waals surface area contributed by atoms with Crippen LogP contribution in [-0.2, 0) is 31.0 Å². The highest BCUT2D eigenvalue weighted by Gasteiger charge is 2.76. The standard InChI is InChI=1S/C37H42O8/c1-17(2)27-30(41)25(19(4)39)32(43)37(45)33(44)28-31(42)26-23(15-35(28,8)16-36(27,37)9)22(14-24(29(26)40)34(5,6)7)21-12-10-11-20(13-21)18(3)38/h10-14,17,25,27-28,40,45H,15-16H2,1-9H3/t25?,27?,28?,35-,36-,37+/m1/s1. The smallest absolute Gasteiger partial charge is 0.190 e. The van der Waals surface area contributed by atoms with Gasteiger partial charge in [-0.15, -0.1) is 0 Å². The van der Waals surface area contributed by atoms with E-state index in [2.05, 4.69) is 0 Å². The lowest BCUT2D eigenvalue weighted by molar-refractivity contribution is -0.205. The molecule has 0 bridgehead atoms. The number of hydrogen-bond acceptors (Lipinski definition) is 8. The number of aliphatic hydroxyl groups is 1. The molecule has 0 radical (unpaired) electrons. The number of fused-ring (bicyclic) bond motifs is 3. The molecule has 2 N–H and O–H groups in total. The Bertz CT molecular complexity index is 1720. The van der Waals surface area contributed by atoms with Crippen molar-refractivity contribution in [2.75, 3.05) is 0 Å². The van der Waals surface area contributed by atoms with Gasteiger partial charge in [-0.2, -0.15) is 0 Å². The second-order valence-corrected chi connectivity index (χ2v) is 15.4. The summed E-state index contributed by atoms with van der Waals surface area (Å²) in [5.74, 6) is -9.39. The Hall–Kier alpha value is -3.78. The summed E-state index contributed by atoms with van der Waals surface area (Å²) >= 11 is 0. The monoisotopic (exact) mass is 614 g/mol. The minimum Gasteiger partial charge on any atom is -0.507 e. The molecule has 0 heterocycles. The molecular weight excluding hydrogens is 572 g/mol. The van der Waals surface area contributed by atoms with Crippen molar-refractivity contribution in [2.24, 2.45) is 34.5 Å². The van der Waals surface area contributed by atoms with Crippen LogP contribution in [0.1, 0.15) is 101 Å². The first-order chi connectivity index (χ1) is 20.6. The van der Waals surface area contributed by atoms with Crippen LogP contribution in [0, 0.1) is 34.5 Å². The maximum atomic E-state index is 14.7. The summed E-state index contributed by atoms with van der Waals surface area (Å²) in [4.78, 5) is 81.9. The van der Waals surface area contributed by atoms with Gasteiger partial charge in [0.05, 0.1) is 11.5 Å². The van der Waals surface area contributed by atoms with E-state index in [9.17, 15) is 39.0 Å². The third-order valence-electron chi connectivity index (χ3n) is 10.8. The van der Waals surface area contributed by atoms with Crippen LogP contribution >= 0.6 is 0 Å². The van der Waals surface area contributed by atoms with Crippen LogP contribution in [0.4, 0.5) is 0 Å². The average Bonchev–Trinajstić information content (AvgIpc) is 2.89. The van der Waals surface area contributed by atoms with Crippen LogP contribution in [0.2, 0.25) is 0 Å². The van der Waals surface area contributed by atoms with Gasteiger partial charge < -0.3 is 10.2 Å². The maximum absolute atomic E-state index is 14.7. The SMILES string of the molecule is CC(=O)c1cccc(-c2cc(C(C)(C)C)c(O)c3c2C[C@]2(C)C[C@]4(C)C(C(C)C)C(=O)C(C(C)=O)C(=O)[C@]4(O)C(=O)C2C3=O)c1. The molecule has 0 aromatic heterocycles. The average molecular weight is 615 g/mol. The fraction of sp³-hybridized carbons (Fsp3) is 0.514. The maximum Gasteiger partial charge on any atom is 0.190 e. The van der Waals surface area contributed by atoms with Crippen LogP contribution in [0.25, 0.3) is 11.1 Å². The second kappa shape index (κ2) is 10.1. The first-order valence-electron chi connectivity index (χ1n) is 15.5. The Labute approximate surface area is 263 Å². The van der Waals surface area contributed by atoms with E-state index in [4.69, 9.17) is 0 Å². The van der Waals surface area contributed by atoms with Gasteiger partial charge in [-0.1, -0.05) is 66.7 Å². The van der Waals surface area contributed by atoms with E-state index >= 15 is 0 Å². The number of rotatable bonds is 4. The Morgan fingerprint density at radius 3 is 2.13 bits per heavy atom. The minimum absolute atomic E-state index is 0.0300. The van der Waals surface area contributed by atoms with Gasteiger partial charge in [0, 0.05) is 22.5 Å². The third kappa shape index (κ3) is 4.35. The van der Waals surface area contributed by atoms with E-state index < -0.39 is 74.4 Å². The van der Waals surface area contributed by atoms with E-state index in [1.165, 1.54) is 6.92 Å². The van der Waals surface area contributed by atoms with Gasteiger partial charge in [0.25, 0.3) is 0 Å². The van der Waals surface area contributed by atoms with Crippen LogP contribution < -0.4 is 0 Å². The molecule has 2 fully saturated rings. The molecule has 0 spiro atoms. The fourth-order valence-corrected chi connectivity index (χ4v) is 8.94. The molecule has 2 aromatic carbocycles. The predicted molar refractivity (Wildman–Crippen MR) is 167 cm³/mol. The van der Waals surface area contributed by atoms with Crippen LogP contribution in [0.3, 0.4) is 0 Å². The second-order valence-electron chi connectivity index (χ2n) is 15.4. The summed E-state index contributed by atoms with van der Waals surface area (Å²) in [5, 5.41) is 24.0. The zero-order chi connectivity index (χ0) is 33.8. The molecule has 3 unspecified atom stereocenters. The van der Waals surface area contributed by atoms with Gasteiger partial charge in [-0.25, -0.2) is 0 Å². The largest absolute Gasteiger partial charge is 0.507 e. The summed E-state index contributed by atoms with van der Waals surface area (Å²) in [7, 11) is 0. The van der Waals surface area contributed by atoms with Crippen LogP contribution in [0.15, 0.2) is 30.3 Å². The molecular formula is C37H42O8. The molecule has 3 aliphatic rings. The molecule has 0 saturated heterocycles. The molecule has 8 nitrogen and oxygen atoms in total. The van der Waals surface area contributed by atoms with E-state index in [1.54, 1.807) is 45.9 Å². The Morgan fingerprint density at radius 1 is 0.978 bits per heavy atom. The zero-order valence-electron chi connectivity index (χ0n) is 27.5. The molecule has 0 aliphatic heterocycles. The van der Waals surface area contributed by atoms with Crippen molar-refractivity contribution in [3.8, 4) is 16.9 Å². The minimum atomic E-state index is -2.75. The van der Waals surface area contributed by atoms with Crippen molar-refractivity contribution in [1.29, 1.82) is 0 Å². The molecule has 5 rings (SSSR count). The lowest BCUT2D eigenvalue weighted by Gasteiger charge is -2.62. The molecule has 6 atom stereocenters. The van der Waals surface area contributed by atoms with Gasteiger partial charge >= 0.3 is 0 Å². The molecule has 2 aromatic rings. The number of phenolic OH excluding ortho intramolecular Hbond substituents is 1. The van der Waals surface area contributed by atoms with Gasteiger partial charge in [-0.3, -0.25) is 28.8 Å². The van der Waals surface area contributed by atoms with E-state index in [-0.39, 0.29) is 29.9 Å². The first-order valence-corrected chi connectivity index (χ1v) is 15.5. The quantitative estimate of drug-likeness (QED) is 0.351. The van der Waals surface area contributed by atoms with Crippen molar-refractivity contribution < 1.29 is 39.0 Å². The molecule has 0 amide bonds. The molecule has 8 heteroatoms. The molecule has 2 saturated carbocycles. The number of benzene rings is 2. The van der Waals surface area contributed by atoms with Gasteiger partial charge in [0.15, 0.2) is 34.5 Å². The topological polar surface area (TPSA) is 143 Å². The van der Waals surface area contributed by atoms with Crippen molar-refractivity contribution in [2.45, 2.75) is 86.2 Å². The molecule has 238 valence electrons. The normalized spacial score (nSPS) is 31.4. The summed E-state index contributed by atoms with van der Waals surface area (Å²) < 4.78 is 0. The number of phenols is 1. The van der Waals surface area contributed by atoms with Gasteiger partial charge in [0.1, 0.15) is 17.5 Å². The number of aromatic hydroxyl groups is 1. The number of carbonyl (C=O) groups excluding carboxylic acids is 6. The van der Waals surface area contributed by atoms with Crippen LogP contribution in [-0.4, -0.2) is 50.5 Å². The highest BCUT2D eigenvalue weighted by Crippen LogP contribution is 2.64. The number of Topliss-reactive ketones (excluding diaryl/α,β-unsaturated/α-hetero) is 6.